The van der Waals surface area contributed by atoms with Crippen molar-refractivity contribution in [2.75, 3.05) is 0 Å². The van der Waals surface area contributed by atoms with Gasteiger partial charge >= 0.3 is 0 Å². The fraction of sp³-hybridized carbons (Fsp3) is 0.615. The average Bonchev–Trinajstić information content (AvgIpc) is 3.01. The second kappa shape index (κ2) is 5.00. The van der Waals surface area contributed by atoms with Crippen LogP contribution in [-0.2, 0) is 11.3 Å². The summed E-state index contributed by atoms with van der Waals surface area (Å²) >= 11 is 1.74. The maximum atomic E-state index is 12.2. The number of amides is 1. The van der Waals surface area contributed by atoms with E-state index in [1.54, 1.807) is 11.3 Å². The molecule has 1 atom stereocenters. The molecule has 1 unspecified atom stereocenters. The molecule has 1 amide bonds. The van der Waals surface area contributed by atoms with Gasteiger partial charge in [0.25, 0.3) is 0 Å². The third-order valence-corrected chi connectivity index (χ3v) is 4.07. The van der Waals surface area contributed by atoms with Crippen molar-refractivity contribution in [3.05, 3.63) is 22.4 Å². The van der Waals surface area contributed by atoms with Gasteiger partial charge in [0.1, 0.15) is 0 Å². The van der Waals surface area contributed by atoms with Gasteiger partial charge in [-0.3, -0.25) is 4.79 Å². The van der Waals surface area contributed by atoms with Crippen LogP contribution in [0.5, 0.6) is 0 Å². The van der Waals surface area contributed by atoms with Crippen molar-refractivity contribution >= 4 is 17.2 Å². The van der Waals surface area contributed by atoms with Crippen LogP contribution >= 0.6 is 11.3 Å². The summed E-state index contributed by atoms with van der Waals surface area (Å²) in [7, 11) is 0. The van der Waals surface area contributed by atoms with Crippen LogP contribution in [0.25, 0.3) is 0 Å². The molecule has 1 aromatic heterocycles. The average molecular weight is 237 g/mol. The Morgan fingerprint density at radius 1 is 1.62 bits per heavy atom. The van der Waals surface area contributed by atoms with E-state index in [0.29, 0.717) is 11.9 Å². The van der Waals surface area contributed by atoms with E-state index in [-0.39, 0.29) is 5.92 Å². The van der Waals surface area contributed by atoms with Gasteiger partial charge in [-0.15, -0.1) is 11.3 Å². The summed E-state index contributed by atoms with van der Waals surface area (Å²) in [6.07, 6.45) is 3.31. The first-order valence-corrected chi connectivity index (χ1v) is 6.93. The van der Waals surface area contributed by atoms with Crippen LogP contribution in [0.1, 0.15) is 38.0 Å². The highest BCUT2D eigenvalue weighted by Gasteiger charge is 2.34. The van der Waals surface area contributed by atoms with Crippen LogP contribution in [-0.4, -0.2) is 16.8 Å². The molecule has 3 heteroatoms. The summed E-state index contributed by atoms with van der Waals surface area (Å²) in [4.78, 5) is 15.6. The number of nitrogens with zero attached hydrogens (tertiary/aromatic N) is 1. The van der Waals surface area contributed by atoms with E-state index in [4.69, 9.17) is 0 Å². The van der Waals surface area contributed by atoms with E-state index in [1.807, 2.05) is 6.92 Å². The summed E-state index contributed by atoms with van der Waals surface area (Å²) in [5, 5.41) is 2.08. The number of hydrogen-bond acceptors (Lipinski definition) is 2. The lowest BCUT2D eigenvalue weighted by molar-refractivity contribution is -0.136. The second-order valence-corrected chi connectivity index (χ2v) is 5.62. The molecular weight excluding hydrogens is 218 g/mol. The van der Waals surface area contributed by atoms with Gasteiger partial charge in [0, 0.05) is 16.8 Å². The van der Waals surface area contributed by atoms with Gasteiger partial charge in [0.05, 0.1) is 6.54 Å². The lowest BCUT2D eigenvalue weighted by atomic mass is 10.1. The lowest BCUT2D eigenvalue weighted by Gasteiger charge is -2.24. The largest absolute Gasteiger partial charge is 0.334 e. The molecule has 1 saturated carbocycles. The molecule has 0 bridgehead atoms. The van der Waals surface area contributed by atoms with Crippen molar-refractivity contribution in [1.82, 2.24) is 4.90 Å². The van der Waals surface area contributed by atoms with Gasteiger partial charge < -0.3 is 4.90 Å². The first-order valence-electron chi connectivity index (χ1n) is 6.05. The van der Waals surface area contributed by atoms with Crippen molar-refractivity contribution < 1.29 is 4.79 Å². The number of carbonyl (C=O) groups excluding carboxylic acids is 1. The zero-order valence-electron chi connectivity index (χ0n) is 9.98. The van der Waals surface area contributed by atoms with Crippen molar-refractivity contribution in [2.24, 2.45) is 5.92 Å². The van der Waals surface area contributed by atoms with Gasteiger partial charge in [0.15, 0.2) is 0 Å². The summed E-state index contributed by atoms with van der Waals surface area (Å²) in [5.74, 6) is 0.499. The van der Waals surface area contributed by atoms with Crippen LogP contribution in [0.15, 0.2) is 17.5 Å². The monoisotopic (exact) mass is 237 g/mol. The summed E-state index contributed by atoms with van der Waals surface area (Å²) in [6, 6.07) is 4.69. The van der Waals surface area contributed by atoms with E-state index in [0.717, 1.165) is 13.0 Å². The molecule has 0 spiro atoms. The Balaban J connectivity index is 2.02. The third kappa shape index (κ3) is 2.64. The smallest absolute Gasteiger partial charge is 0.225 e. The van der Waals surface area contributed by atoms with E-state index in [2.05, 4.69) is 29.3 Å². The van der Waals surface area contributed by atoms with Crippen molar-refractivity contribution in [1.29, 1.82) is 0 Å². The molecule has 16 heavy (non-hydrogen) atoms. The van der Waals surface area contributed by atoms with Crippen LogP contribution in [0.2, 0.25) is 0 Å². The van der Waals surface area contributed by atoms with E-state index >= 15 is 0 Å². The van der Waals surface area contributed by atoms with Crippen molar-refractivity contribution in [3.63, 3.8) is 0 Å². The first kappa shape index (κ1) is 11.6. The lowest BCUT2D eigenvalue weighted by Crippen LogP contribution is -2.36. The Kier molecular flexibility index (Phi) is 3.64. The van der Waals surface area contributed by atoms with E-state index in [1.165, 1.54) is 17.7 Å². The predicted molar refractivity (Wildman–Crippen MR) is 67.3 cm³/mol. The quantitative estimate of drug-likeness (QED) is 0.769. The van der Waals surface area contributed by atoms with Crippen molar-refractivity contribution in [3.8, 4) is 0 Å². The minimum atomic E-state index is 0.167. The Hall–Kier alpha value is -0.830. The minimum Gasteiger partial charge on any atom is -0.334 e. The Bertz CT molecular complexity index is 343. The van der Waals surface area contributed by atoms with Gasteiger partial charge in [-0.1, -0.05) is 19.9 Å². The molecular formula is C13H19NOS. The molecule has 1 aliphatic rings. The van der Waals surface area contributed by atoms with Gasteiger partial charge in [-0.05, 0) is 30.7 Å². The van der Waals surface area contributed by atoms with Crippen LogP contribution < -0.4 is 0 Å². The summed E-state index contributed by atoms with van der Waals surface area (Å²) in [5.41, 5.74) is 0. The van der Waals surface area contributed by atoms with Crippen LogP contribution in [0.4, 0.5) is 0 Å². The molecule has 2 rings (SSSR count). The predicted octanol–water partition coefficient (Wildman–Crippen LogP) is 3.29. The molecule has 0 aliphatic heterocycles. The normalized spacial score (nSPS) is 17.1. The molecule has 1 heterocycles. The van der Waals surface area contributed by atoms with Gasteiger partial charge in [0.2, 0.25) is 5.91 Å². The maximum absolute atomic E-state index is 12.2. The third-order valence-electron chi connectivity index (χ3n) is 3.21. The molecule has 0 N–H and O–H groups in total. The highest BCUT2D eigenvalue weighted by molar-refractivity contribution is 7.09. The fourth-order valence-electron chi connectivity index (χ4n) is 1.80. The first-order chi connectivity index (χ1) is 7.72. The molecule has 0 aromatic carbocycles. The summed E-state index contributed by atoms with van der Waals surface area (Å²) in [6.45, 7) is 4.93. The summed E-state index contributed by atoms with van der Waals surface area (Å²) < 4.78 is 0. The highest BCUT2D eigenvalue weighted by atomic mass is 32.1. The molecule has 88 valence electrons. The van der Waals surface area contributed by atoms with E-state index < -0.39 is 0 Å². The Morgan fingerprint density at radius 2 is 2.38 bits per heavy atom. The molecule has 2 nitrogen and oxygen atoms in total. The fourth-order valence-corrected chi connectivity index (χ4v) is 2.50. The van der Waals surface area contributed by atoms with Gasteiger partial charge in [-0.2, -0.15) is 0 Å². The highest BCUT2D eigenvalue weighted by Crippen LogP contribution is 2.30. The molecule has 0 saturated heterocycles. The van der Waals surface area contributed by atoms with Crippen LogP contribution in [0, 0.1) is 5.92 Å². The minimum absolute atomic E-state index is 0.167. The Labute approximate surface area is 101 Å². The molecule has 1 aliphatic carbocycles. The molecule has 0 radical (unpaired) electrons. The molecule has 1 fully saturated rings. The SMILES string of the molecule is CCC(C)C(=O)N(Cc1cccs1)C1CC1. The number of thiophene rings is 1. The topological polar surface area (TPSA) is 20.3 Å². The Morgan fingerprint density at radius 3 is 2.88 bits per heavy atom. The number of hydrogen-bond donors (Lipinski definition) is 0. The maximum Gasteiger partial charge on any atom is 0.225 e. The zero-order chi connectivity index (χ0) is 11.5. The van der Waals surface area contributed by atoms with E-state index in [9.17, 15) is 4.79 Å². The zero-order valence-corrected chi connectivity index (χ0v) is 10.8. The van der Waals surface area contributed by atoms with Crippen molar-refractivity contribution in [2.45, 2.75) is 45.7 Å². The second-order valence-electron chi connectivity index (χ2n) is 4.59. The number of carbonyl (C=O) groups is 1. The number of rotatable bonds is 5. The van der Waals surface area contributed by atoms with Gasteiger partial charge in [-0.25, -0.2) is 0 Å². The standard InChI is InChI=1S/C13H19NOS/c1-3-10(2)13(15)14(11-6-7-11)9-12-5-4-8-16-12/h4-5,8,10-11H,3,6-7,9H2,1-2H3. The van der Waals surface area contributed by atoms with Crippen LogP contribution in [0.3, 0.4) is 0 Å². The molecule has 1 aromatic rings.